The van der Waals surface area contributed by atoms with Crippen LogP contribution in [0.15, 0.2) is 60.0 Å². The van der Waals surface area contributed by atoms with Gasteiger partial charge in [-0.3, -0.25) is 4.57 Å². The minimum absolute atomic E-state index is 0.0143. The Labute approximate surface area is 196 Å². The van der Waals surface area contributed by atoms with E-state index in [1.165, 1.54) is 17.3 Å². The summed E-state index contributed by atoms with van der Waals surface area (Å²) in [6.07, 6.45) is 4.59. The molecule has 0 saturated heterocycles. The van der Waals surface area contributed by atoms with E-state index in [9.17, 15) is 4.79 Å². The molecule has 0 aliphatic carbocycles. The van der Waals surface area contributed by atoms with Gasteiger partial charge in [0.05, 0.1) is 13.2 Å². The van der Waals surface area contributed by atoms with Crippen LogP contribution in [0.4, 0.5) is 0 Å². The average molecular weight is 470 g/mol. The van der Waals surface area contributed by atoms with Crippen LogP contribution in [0.25, 0.3) is 5.82 Å². The van der Waals surface area contributed by atoms with Crippen molar-refractivity contribution in [2.45, 2.75) is 65.1 Å². The van der Waals surface area contributed by atoms with Crippen molar-refractivity contribution in [2.75, 3.05) is 6.61 Å². The molecule has 2 atom stereocenters. The predicted octanol–water partition coefficient (Wildman–Crippen LogP) is 4.07. The summed E-state index contributed by atoms with van der Waals surface area (Å²) in [5.41, 5.74) is 0.779. The van der Waals surface area contributed by atoms with Crippen LogP contribution >= 0.6 is 0 Å². The maximum Gasteiger partial charge on any atom is 0.349 e. The number of rotatable bonds is 10. The van der Waals surface area contributed by atoms with Crippen LogP contribution in [-0.4, -0.2) is 45.3 Å². The molecule has 9 heteroatoms. The Morgan fingerprint density at radius 1 is 1.12 bits per heavy atom. The summed E-state index contributed by atoms with van der Waals surface area (Å²) in [7, 11) is -1.99. The molecule has 0 aliphatic heterocycles. The van der Waals surface area contributed by atoms with E-state index in [1.807, 2.05) is 30.3 Å². The Bertz CT molecular complexity index is 1060. The molecule has 33 heavy (non-hydrogen) atoms. The summed E-state index contributed by atoms with van der Waals surface area (Å²) in [5.74, 6) is 0.427. The Hall–Kier alpha value is -2.62. The fourth-order valence-corrected chi connectivity index (χ4v) is 4.72. The second-order valence-corrected chi connectivity index (χ2v) is 14.7. The van der Waals surface area contributed by atoms with Gasteiger partial charge < -0.3 is 9.16 Å². The van der Waals surface area contributed by atoms with E-state index < -0.39 is 8.32 Å². The maximum atomic E-state index is 12.8. The molecule has 1 aromatic carbocycles. The summed E-state index contributed by atoms with van der Waals surface area (Å²) in [6, 6.07) is 11.8. The molecular formula is C24H35N5O3Si. The summed E-state index contributed by atoms with van der Waals surface area (Å²) < 4.78 is 15.8. The lowest BCUT2D eigenvalue weighted by Crippen LogP contribution is -2.46. The summed E-state index contributed by atoms with van der Waals surface area (Å²) in [5, 5.41) is 4.13. The molecule has 0 saturated carbocycles. The smallest absolute Gasteiger partial charge is 0.349 e. The minimum Gasteiger partial charge on any atom is -0.414 e. The molecule has 0 fully saturated rings. The lowest BCUT2D eigenvalue weighted by Gasteiger charge is -2.40. The van der Waals surface area contributed by atoms with Crippen LogP contribution in [-0.2, 0) is 22.3 Å². The lowest BCUT2D eigenvalue weighted by atomic mass is 10.1. The van der Waals surface area contributed by atoms with Gasteiger partial charge in [0.2, 0.25) is 0 Å². The molecule has 0 aliphatic rings. The van der Waals surface area contributed by atoms with Gasteiger partial charge in [0, 0.05) is 24.8 Å². The SMILES string of the molecule is C[C@@H](O[Si](C)(C)C(C)(C)C)[C@@H](COCc1ccccc1)Cn1ccc(-n2cncn2)nc1=O. The molecule has 0 unspecified atom stereocenters. The van der Waals surface area contributed by atoms with Crippen molar-refractivity contribution in [3.8, 4) is 5.82 Å². The molecule has 3 aromatic rings. The maximum absolute atomic E-state index is 12.8. The summed E-state index contributed by atoms with van der Waals surface area (Å²) in [4.78, 5) is 20.8. The third-order valence-electron chi connectivity index (χ3n) is 6.34. The third-order valence-corrected chi connectivity index (χ3v) is 10.9. The van der Waals surface area contributed by atoms with Crippen LogP contribution in [0.5, 0.6) is 0 Å². The fraction of sp³-hybridized carbons (Fsp3) is 0.500. The average Bonchev–Trinajstić information content (AvgIpc) is 3.28. The molecule has 8 nitrogen and oxygen atoms in total. The van der Waals surface area contributed by atoms with E-state index >= 15 is 0 Å². The number of aromatic nitrogens is 5. The zero-order chi connectivity index (χ0) is 24.1. The van der Waals surface area contributed by atoms with Crippen molar-refractivity contribution < 1.29 is 9.16 Å². The highest BCUT2D eigenvalue weighted by Crippen LogP contribution is 2.38. The summed E-state index contributed by atoms with van der Waals surface area (Å²) >= 11 is 0. The van der Waals surface area contributed by atoms with Crippen LogP contribution in [0, 0.1) is 5.92 Å². The zero-order valence-corrected chi connectivity index (χ0v) is 21.4. The van der Waals surface area contributed by atoms with Crippen molar-refractivity contribution in [1.82, 2.24) is 24.3 Å². The first-order chi connectivity index (χ1) is 15.6. The Kier molecular flexibility index (Phi) is 7.99. The van der Waals surface area contributed by atoms with Crippen molar-refractivity contribution in [3.05, 3.63) is 71.3 Å². The molecule has 178 valence electrons. The van der Waals surface area contributed by atoms with Crippen molar-refractivity contribution in [2.24, 2.45) is 5.92 Å². The number of nitrogens with zero attached hydrogens (tertiary/aromatic N) is 5. The molecule has 2 aromatic heterocycles. The molecule has 3 rings (SSSR count). The highest BCUT2D eigenvalue weighted by atomic mass is 28.4. The predicted molar refractivity (Wildman–Crippen MR) is 131 cm³/mol. The first-order valence-electron chi connectivity index (χ1n) is 11.3. The van der Waals surface area contributed by atoms with Gasteiger partial charge in [0.1, 0.15) is 12.7 Å². The highest BCUT2D eigenvalue weighted by Gasteiger charge is 2.39. The Balaban J connectivity index is 1.76. The van der Waals surface area contributed by atoms with Gasteiger partial charge in [-0.1, -0.05) is 51.1 Å². The molecular weight excluding hydrogens is 434 g/mol. The van der Waals surface area contributed by atoms with Gasteiger partial charge in [-0.25, -0.2) is 14.5 Å². The largest absolute Gasteiger partial charge is 0.414 e. The zero-order valence-electron chi connectivity index (χ0n) is 20.4. The summed E-state index contributed by atoms with van der Waals surface area (Å²) in [6.45, 7) is 14.7. The second-order valence-electron chi connectivity index (χ2n) is 9.90. The number of hydrogen-bond acceptors (Lipinski definition) is 6. The van der Waals surface area contributed by atoms with Crippen LogP contribution in [0.1, 0.15) is 33.3 Å². The molecule has 0 bridgehead atoms. The van der Waals surface area contributed by atoms with Gasteiger partial charge >= 0.3 is 5.69 Å². The second kappa shape index (κ2) is 10.5. The quantitative estimate of drug-likeness (QED) is 0.416. The van der Waals surface area contributed by atoms with Crippen molar-refractivity contribution in [1.29, 1.82) is 0 Å². The van der Waals surface area contributed by atoms with Gasteiger partial charge in [-0.05, 0) is 36.7 Å². The highest BCUT2D eigenvalue weighted by molar-refractivity contribution is 6.74. The van der Waals surface area contributed by atoms with Gasteiger partial charge in [-0.15, -0.1) is 0 Å². The topological polar surface area (TPSA) is 84.1 Å². The lowest BCUT2D eigenvalue weighted by molar-refractivity contribution is 0.0257. The number of benzene rings is 1. The van der Waals surface area contributed by atoms with Crippen LogP contribution in [0.3, 0.4) is 0 Å². The van der Waals surface area contributed by atoms with E-state index in [0.29, 0.717) is 25.6 Å². The van der Waals surface area contributed by atoms with Crippen LogP contribution in [0.2, 0.25) is 18.1 Å². The van der Waals surface area contributed by atoms with E-state index in [2.05, 4.69) is 55.9 Å². The molecule has 0 radical (unpaired) electrons. The standard InChI is InChI=1S/C24H35N5O3Si/c1-19(32-33(5,6)24(2,3)4)21(16-31-15-20-10-8-7-9-11-20)14-28-13-12-22(27-23(28)30)29-18-25-17-26-29/h7-13,17-19,21H,14-16H2,1-6H3/t19-,21-/m1/s1. The van der Waals surface area contributed by atoms with E-state index in [1.54, 1.807) is 16.8 Å². The monoisotopic (exact) mass is 469 g/mol. The van der Waals surface area contributed by atoms with Crippen LogP contribution < -0.4 is 5.69 Å². The van der Waals surface area contributed by atoms with E-state index in [4.69, 9.17) is 9.16 Å². The normalized spacial score (nSPS) is 14.2. The Morgan fingerprint density at radius 2 is 1.85 bits per heavy atom. The van der Waals surface area contributed by atoms with Crippen molar-refractivity contribution >= 4 is 8.32 Å². The fourth-order valence-electron chi connectivity index (χ4n) is 3.24. The molecule has 0 amide bonds. The van der Waals surface area contributed by atoms with Gasteiger partial charge in [0.25, 0.3) is 0 Å². The first-order valence-corrected chi connectivity index (χ1v) is 14.2. The van der Waals surface area contributed by atoms with E-state index in [0.717, 1.165) is 5.56 Å². The van der Waals surface area contributed by atoms with Gasteiger partial charge in [0.15, 0.2) is 14.1 Å². The number of hydrogen-bond donors (Lipinski definition) is 0. The minimum atomic E-state index is -1.99. The molecule has 2 heterocycles. The first kappa shape index (κ1) is 25.0. The van der Waals surface area contributed by atoms with E-state index in [-0.39, 0.29) is 22.7 Å². The molecule has 0 spiro atoms. The van der Waals surface area contributed by atoms with Gasteiger partial charge in [-0.2, -0.15) is 10.1 Å². The van der Waals surface area contributed by atoms with Crippen molar-refractivity contribution in [3.63, 3.8) is 0 Å². The molecule has 0 N–H and O–H groups in total. The number of ether oxygens (including phenoxy) is 1. The Morgan fingerprint density at radius 3 is 2.45 bits per heavy atom. The third kappa shape index (κ3) is 6.69.